The van der Waals surface area contributed by atoms with Crippen molar-refractivity contribution in [3.63, 3.8) is 0 Å². The number of hydrogen-bond donors (Lipinski definition) is 2. The summed E-state index contributed by atoms with van der Waals surface area (Å²) in [5.74, 6) is 0.779. The predicted molar refractivity (Wildman–Crippen MR) is 99.9 cm³/mol. The number of aromatic nitrogens is 4. The summed E-state index contributed by atoms with van der Waals surface area (Å²) < 4.78 is 7.48. The van der Waals surface area contributed by atoms with Crippen LogP contribution in [-0.4, -0.2) is 39.0 Å². The van der Waals surface area contributed by atoms with Crippen molar-refractivity contribution in [2.45, 2.75) is 18.9 Å². The van der Waals surface area contributed by atoms with Gasteiger partial charge in [0.05, 0.1) is 12.2 Å². The highest BCUT2D eigenvalue weighted by Crippen LogP contribution is 2.23. The lowest BCUT2D eigenvalue weighted by molar-refractivity contribution is 0.102. The van der Waals surface area contributed by atoms with Crippen molar-refractivity contribution >= 4 is 11.6 Å². The van der Waals surface area contributed by atoms with E-state index in [1.54, 1.807) is 47.4 Å². The number of ether oxygens (including phenoxy) is 1. The second-order valence-corrected chi connectivity index (χ2v) is 6.32. The monoisotopic (exact) mass is 364 g/mol. The van der Waals surface area contributed by atoms with Gasteiger partial charge in [-0.2, -0.15) is 0 Å². The molecular weight excluding hydrogens is 344 g/mol. The number of benzene rings is 1. The average Bonchev–Trinajstić information content (AvgIpc) is 3.20. The Bertz CT molecular complexity index is 905. The van der Waals surface area contributed by atoms with E-state index in [4.69, 9.17) is 4.74 Å². The van der Waals surface area contributed by atoms with Gasteiger partial charge < -0.3 is 15.4 Å². The van der Waals surface area contributed by atoms with Crippen LogP contribution < -0.4 is 15.4 Å². The molecule has 0 aliphatic carbocycles. The molecule has 0 bridgehead atoms. The average molecular weight is 364 g/mol. The zero-order valence-electron chi connectivity index (χ0n) is 14.7. The Morgan fingerprint density at radius 2 is 2.07 bits per heavy atom. The van der Waals surface area contributed by atoms with E-state index in [1.807, 2.05) is 12.1 Å². The Morgan fingerprint density at radius 1 is 1.19 bits per heavy atom. The summed E-state index contributed by atoms with van der Waals surface area (Å²) in [4.78, 5) is 16.6. The molecule has 0 spiro atoms. The van der Waals surface area contributed by atoms with Crippen LogP contribution in [0.4, 0.5) is 5.69 Å². The molecule has 0 unspecified atom stereocenters. The number of rotatable bonds is 5. The van der Waals surface area contributed by atoms with E-state index < -0.39 is 0 Å². The smallest absolute Gasteiger partial charge is 0.277 e. The Balaban J connectivity index is 1.42. The first-order valence-electron chi connectivity index (χ1n) is 8.91. The Kier molecular flexibility index (Phi) is 5.06. The topological polar surface area (TPSA) is 94.0 Å². The molecule has 2 aromatic heterocycles. The molecule has 1 aliphatic heterocycles. The quantitative estimate of drug-likeness (QED) is 0.723. The molecule has 0 saturated carbocycles. The summed E-state index contributed by atoms with van der Waals surface area (Å²) >= 11 is 0. The fourth-order valence-electron chi connectivity index (χ4n) is 2.99. The lowest BCUT2D eigenvalue weighted by Gasteiger charge is -2.22. The third-order valence-corrected chi connectivity index (χ3v) is 4.38. The number of pyridine rings is 1. The molecule has 138 valence electrons. The molecule has 3 aromatic rings. The summed E-state index contributed by atoms with van der Waals surface area (Å²) in [5, 5.41) is 14.3. The highest BCUT2D eigenvalue weighted by Gasteiger charge is 2.18. The Hall–Kier alpha value is -3.26. The summed E-state index contributed by atoms with van der Waals surface area (Å²) in [6, 6.07) is 12.9. The number of anilines is 1. The Morgan fingerprint density at radius 3 is 2.89 bits per heavy atom. The molecule has 4 rings (SSSR count). The zero-order valence-corrected chi connectivity index (χ0v) is 14.7. The van der Waals surface area contributed by atoms with Crippen LogP contribution in [0.1, 0.15) is 29.4 Å². The molecule has 27 heavy (non-hydrogen) atoms. The maximum atomic E-state index is 12.5. The molecular formula is C19H20N6O2. The second kappa shape index (κ2) is 7.96. The van der Waals surface area contributed by atoms with E-state index in [0.29, 0.717) is 23.0 Å². The van der Waals surface area contributed by atoms with Crippen LogP contribution in [0.2, 0.25) is 0 Å². The van der Waals surface area contributed by atoms with E-state index in [9.17, 15) is 4.79 Å². The van der Waals surface area contributed by atoms with Crippen LogP contribution in [0.3, 0.4) is 0 Å². The number of piperidine rings is 1. The third-order valence-electron chi connectivity index (χ3n) is 4.38. The van der Waals surface area contributed by atoms with Gasteiger partial charge in [0.1, 0.15) is 5.75 Å². The van der Waals surface area contributed by atoms with Crippen LogP contribution in [-0.2, 0) is 0 Å². The van der Waals surface area contributed by atoms with Crippen LogP contribution in [0.25, 0.3) is 0 Å². The third kappa shape index (κ3) is 4.29. The molecule has 1 saturated heterocycles. The number of amides is 1. The van der Waals surface area contributed by atoms with E-state index in [0.717, 1.165) is 25.9 Å². The van der Waals surface area contributed by atoms with Crippen LogP contribution in [0.15, 0.2) is 54.9 Å². The summed E-state index contributed by atoms with van der Waals surface area (Å²) in [6.07, 6.45) is 5.33. The summed E-state index contributed by atoms with van der Waals surface area (Å²) in [5.41, 5.74) is 0.912. The first-order chi connectivity index (χ1) is 13.3. The maximum absolute atomic E-state index is 12.5. The highest BCUT2D eigenvalue weighted by molar-refractivity contribution is 6.02. The van der Waals surface area contributed by atoms with Gasteiger partial charge in [0.25, 0.3) is 5.91 Å². The van der Waals surface area contributed by atoms with Crippen molar-refractivity contribution in [1.82, 2.24) is 25.3 Å². The first kappa shape index (κ1) is 17.2. The standard InChI is InChI=1S/C19H20N6O2/c26-19(17-13-25(24-23-17)15-7-10-20-11-8-15)22-14-4-3-5-16(12-14)27-18-6-1-2-9-21-18/h1-6,9,12-13,15,20H,7-8,10-11H2,(H,22,26). The van der Waals surface area contributed by atoms with Gasteiger partial charge in [0.2, 0.25) is 5.88 Å². The molecule has 1 aliphatic rings. The largest absolute Gasteiger partial charge is 0.439 e. The van der Waals surface area contributed by atoms with Crippen LogP contribution in [0, 0.1) is 0 Å². The number of nitrogens with one attached hydrogen (secondary N) is 2. The fraction of sp³-hybridized carbons (Fsp3) is 0.263. The molecule has 1 aromatic carbocycles. The molecule has 1 amide bonds. The van der Waals surface area contributed by atoms with Crippen molar-refractivity contribution in [2.24, 2.45) is 0 Å². The minimum atomic E-state index is -0.301. The van der Waals surface area contributed by atoms with Gasteiger partial charge in [-0.1, -0.05) is 17.3 Å². The van der Waals surface area contributed by atoms with Crippen molar-refractivity contribution in [1.29, 1.82) is 0 Å². The van der Waals surface area contributed by atoms with Crippen molar-refractivity contribution < 1.29 is 9.53 Å². The summed E-state index contributed by atoms with van der Waals surface area (Å²) in [6.45, 7) is 1.91. The summed E-state index contributed by atoms with van der Waals surface area (Å²) in [7, 11) is 0. The van der Waals surface area contributed by atoms with Gasteiger partial charge >= 0.3 is 0 Å². The van der Waals surface area contributed by atoms with Crippen LogP contribution >= 0.6 is 0 Å². The SMILES string of the molecule is O=C(Nc1cccc(Oc2ccccn2)c1)c1cn(C2CCNCC2)nn1. The van der Waals surface area contributed by atoms with Gasteiger partial charge in [-0.15, -0.1) is 5.10 Å². The van der Waals surface area contributed by atoms with E-state index in [1.165, 1.54) is 0 Å². The van der Waals surface area contributed by atoms with E-state index >= 15 is 0 Å². The van der Waals surface area contributed by atoms with Crippen molar-refractivity contribution in [2.75, 3.05) is 18.4 Å². The Labute approximate surface area is 156 Å². The van der Waals surface area contributed by atoms with Crippen molar-refractivity contribution in [3.8, 4) is 11.6 Å². The number of hydrogen-bond acceptors (Lipinski definition) is 6. The zero-order chi connectivity index (χ0) is 18.5. The predicted octanol–water partition coefficient (Wildman–Crippen LogP) is 2.64. The number of nitrogens with zero attached hydrogens (tertiary/aromatic N) is 4. The van der Waals surface area contributed by atoms with Gasteiger partial charge in [0.15, 0.2) is 5.69 Å². The minimum Gasteiger partial charge on any atom is -0.439 e. The fourth-order valence-corrected chi connectivity index (χ4v) is 2.99. The first-order valence-corrected chi connectivity index (χ1v) is 8.91. The molecule has 0 atom stereocenters. The van der Waals surface area contributed by atoms with Gasteiger partial charge in [-0.05, 0) is 44.1 Å². The lowest BCUT2D eigenvalue weighted by atomic mass is 10.1. The van der Waals surface area contributed by atoms with E-state index in [-0.39, 0.29) is 11.9 Å². The molecule has 8 nitrogen and oxygen atoms in total. The molecule has 2 N–H and O–H groups in total. The second-order valence-electron chi connectivity index (χ2n) is 6.32. The normalized spacial score (nSPS) is 14.7. The van der Waals surface area contributed by atoms with Gasteiger partial charge in [0, 0.05) is 24.0 Å². The minimum absolute atomic E-state index is 0.287. The molecule has 8 heteroatoms. The highest BCUT2D eigenvalue weighted by atomic mass is 16.5. The number of carbonyl (C=O) groups excluding carboxylic acids is 1. The van der Waals surface area contributed by atoms with Gasteiger partial charge in [-0.3, -0.25) is 4.79 Å². The van der Waals surface area contributed by atoms with Crippen molar-refractivity contribution in [3.05, 3.63) is 60.6 Å². The molecule has 3 heterocycles. The molecule has 1 fully saturated rings. The number of carbonyl (C=O) groups is 1. The lowest BCUT2D eigenvalue weighted by Crippen LogP contribution is -2.29. The van der Waals surface area contributed by atoms with Crippen LogP contribution in [0.5, 0.6) is 11.6 Å². The van der Waals surface area contributed by atoms with E-state index in [2.05, 4.69) is 25.9 Å². The molecule has 0 radical (unpaired) electrons. The van der Waals surface area contributed by atoms with Gasteiger partial charge in [-0.25, -0.2) is 9.67 Å². The maximum Gasteiger partial charge on any atom is 0.277 e.